The van der Waals surface area contributed by atoms with E-state index in [0.717, 1.165) is 25.1 Å². The summed E-state index contributed by atoms with van der Waals surface area (Å²) in [4.78, 5) is 18.3. The number of amides is 1. The Morgan fingerprint density at radius 3 is 2.95 bits per heavy atom. The van der Waals surface area contributed by atoms with E-state index in [0.29, 0.717) is 28.4 Å². The molecule has 2 heterocycles. The zero-order valence-electron chi connectivity index (χ0n) is 12.1. The minimum absolute atomic E-state index is 0.0266. The second kappa shape index (κ2) is 7.11. The maximum absolute atomic E-state index is 12.4. The Morgan fingerprint density at radius 1 is 1.41 bits per heavy atom. The minimum Gasteiger partial charge on any atom is -0.493 e. The second-order valence-electron chi connectivity index (χ2n) is 5.35. The van der Waals surface area contributed by atoms with Gasteiger partial charge < -0.3 is 9.64 Å². The van der Waals surface area contributed by atoms with Gasteiger partial charge in [-0.25, -0.2) is 4.98 Å². The van der Waals surface area contributed by atoms with E-state index < -0.39 is 0 Å². The van der Waals surface area contributed by atoms with Gasteiger partial charge in [0.25, 0.3) is 5.91 Å². The van der Waals surface area contributed by atoms with Crippen LogP contribution in [-0.4, -0.2) is 35.5 Å². The van der Waals surface area contributed by atoms with E-state index in [-0.39, 0.29) is 5.91 Å². The zero-order valence-corrected chi connectivity index (χ0v) is 13.6. The number of halogens is 1. The SMILES string of the molecule is O=C(c1ncc(Cl)s1)N1CCCC(COc2ccccc2)C1. The van der Waals surface area contributed by atoms with Gasteiger partial charge in [0.2, 0.25) is 0 Å². The lowest BCUT2D eigenvalue weighted by atomic mass is 9.99. The van der Waals surface area contributed by atoms with Gasteiger partial charge in [-0.1, -0.05) is 41.1 Å². The van der Waals surface area contributed by atoms with Crippen molar-refractivity contribution in [3.8, 4) is 5.75 Å². The van der Waals surface area contributed by atoms with Gasteiger partial charge in [0.1, 0.15) is 10.1 Å². The molecule has 1 fully saturated rings. The van der Waals surface area contributed by atoms with E-state index in [1.165, 1.54) is 17.5 Å². The molecule has 116 valence electrons. The van der Waals surface area contributed by atoms with E-state index in [9.17, 15) is 4.79 Å². The van der Waals surface area contributed by atoms with Crippen molar-refractivity contribution in [3.63, 3.8) is 0 Å². The predicted octanol–water partition coefficient (Wildman–Crippen LogP) is 3.73. The molecule has 1 aliphatic rings. The van der Waals surface area contributed by atoms with Crippen LogP contribution in [0, 0.1) is 5.92 Å². The maximum Gasteiger partial charge on any atom is 0.282 e. The fraction of sp³-hybridized carbons (Fsp3) is 0.375. The number of ether oxygens (including phenoxy) is 1. The molecule has 6 heteroatoms. The Bertz CT molecular complexity index is 632. The van der Waals surface area contributed by atoms with Gasteiger partial charge >= 0.3 is 0 Å². The van der Waals surface area contributed by atoms with Crippen molar-refractivity contribution in [2.24, 2.45) is 5.92 Å². The molecular formula is C16H17ClN2O2S. The van der Waals surface area contributed by atoms with Crippen LogP contribution in [0.3, 0.4) is 0 Å². The fourth-order valence-electron chi connectivity index (χ4n) is 2.60. The summed E-state index contributed by atoms with van der Waals surface area (Å²) in [6, 6.07) is 9.77. The van der Waals surface area contributed by atoms with Gasteiger partial charge in [-0.15, -0.1) is 0 Å². The van der Waals surface area contributed by atoms with Gasteiger partial charge in [0.05, 0.1) is 12.8 Å². The molecule has 1 unspecified atom stereocenters. The molecule has 0 aliphatic carbocycles. The summed E-state index contributed by atoms with van der Waals surface area (Å²) in [7, 11) is 0. The number of rotatable bonds is 4. The molecule has 1 aromatic carbocycles. The number of aromatic nitrogens is 1. The molecule has 0 bridgehead atoms. The molecule has 1 atom stereocenters. The van der Waals surface area contributed by atoms with Crippen LogP contribution in [0.1, 0.15) is 22.6 Å². The number of hydrogen-bond acceptors (Lipinski definition) is 4. The van der Waals surface area contributed by atoms with Gasteiger partial charge in [-0.05, 0) is 25.0 Å². The number of benzene rings is 1. The van der Waals surface area contributed by atoms with Crippen LogP contribution < -0.4 is 4.74 Å². The van der Waals surface area contributed by atoms with Crippen LogP contribution in [0.15, 0.2) is 36.5 Å². The summed E-state index contributed by atoms with van der Waals surface area (Å²) < 4.78 is 6.36. The fourth-order valence-corrected chi connectivity index (χ4v) is 3.48. The monoisotopic (exact) mass is 336 g/mol. The summed E-state index contributed by atoms with van der Waals surface area (Å²) in [5, 5.41) is 0.467. The molecule has 0 radical (unpaired) electrons. The van der Waals surface area contributed by atoms with Crippen molar-refractivity contribution < 1.29 is 9.53 Å². The van der Waals surface area contributed by atoms with Crippen molar-refractivity contribution in [3.05, 3.63) is 45.9 Å². The minimum atomic E-state index is -0.0266. The van der Waals surface area contributed by atoms with Crippen molar-refractivity contribution >= 4 is 28.8 Å². The molecular weight excluding hydrogens is 320 g/mol. The highest BCUT2D eigenvalue weighted by Crippen LogP contribution is 2.23. The molecule has 2 aromatic rings. The van der Waals surface area contributed by atoms with Crippen molar-refractivity contribution in [2.45, 2.75) is 12.8 Å². The van der Waals surface area contributed by atoms with Gasteiger partial charge in [0.15, 0.2) is 5.01 Å². The van der Waals surface area contributed by atoms with E-state index in [2.05, 4.69) is 4.98 Å². The number of likely N-dealkylation sites (tertiary alicyclic amines) is 1. The molecule has 0 spiro atoms. The second-order valence-corrected chi connectivity index (χ2v) is 7.01. The Labute approximate surface area is 138 Å². The van der Waals surface area contributed by atoms with Crippen molar-refractivity contribution in [1.82, 2.24) is 9.88 Å². The Balaban J connectivity index is 1.56. The number of nitrogens with zero attached hydrogens (tertiary/aromatic N) is 2. The quantitative estimate of drug-likeness (QED) is 0.854. The highest BCUT2D eigenvalue weighted by Gasteiger charge is 2.26. The summed E-state index contributed by atoms with van der Waals surface area (Å²) in [5.74, 6) is 1.20. The highest BCUT2D eigenvalue weighted by atomic mass is 35.5. The smallest absolute Gasteiger partial charge is 0.282 e. The molecule has 3 rings (SSSR count). The standard InChI is InChI=1S/C16H17ClN2O2S/c17-14-9-18-15(22-14)16(20)19-8-4-5-12(10-19)11-21-13-6-2-1-3-7-13/h1-3,6-7,9,12H,4-5,8,10-11H2. The highest BCUT2D eigenvalue weighted by molar-refractivity contribution is 7.17. The topological polar surface area (TPSA) is 42.4 Å². The first kappa shape index (κ1) is 15.3. The zero-order chi connectivity index (χ0) is 15.4. The molecule has 0 N–H and O–H groups in total. The number of piperidine rings is 1. The van der Waals surface area contributed by atoms with Crippen molar-refractivity contribution in [2.75, 3.05) is 19.7 Å². The van der Waals surface area contributed by atoms with Crippen LogP contribution in [0.5, 0.6) is 5.75 Å². The van der Waals surface area contributed by atoms with Gasteiger partial charge in [-0.2, -0.15) is 0 Å². The largest absolute Gasteiger partial charge is 0.493 e. The van der Waals surface area contributed by atoms with Crippen LogP contribution in [-0.2, 0) is 0 Å². The summed E-state index contributed by atoms with van der Waals surface area (Å²) in [5.41, 5.74) is 0. The first-order valence-corrected chi connectivity index (χ1v) is 8.50. The van der Waals surface area contributed by atoms with Crippen molar-refractivity contribution in [1.29, 1.82) is 0 Å². The number of hydrogen-bond donors (Lipinski definition) is 0. The normalized spacial score (nSPS) is 18.2. The predicted molar refractivity (Wildman–Crippen MR) is 87.7 cm³/mol. The molecule has 1 amide bonds. The third-order valence-corrected chi connectivity index (χ3v) is 4.80. The molecule has 0 saturated carbocycles. The van der Waals surface area contributed by atoms with E-state index in [4.69, 9.17) is 16.3 Å². The summed E-state index contributed by atoms with van der Waals surface area (Å²) >= 11 is 7.09. The number of para-hydroxylation sites is 1. The van der Waals surface area contributed by atoms with Crippen LogP contribution in [0.2, 0.25) is 4.34 Å². The summed E-state index contributed by atoms with van der Waals surface area (Å²) in [6.07, 6.45) is 3.60. The van der Waals surface area contributed by atoms with Crippen LogP contribution in [0.25, 0.3) is 0 Å². The average Bonchev–Trinajstić information content (AvgIpc) is 3.00. The van der Waals surface area contributed by atoms with E-state index in [1.807, 2.05) is 35.2 Å². The Morgan fingerprint density at radius 2 is 2.23 bits per heavy atom. The average molecular weight is 337 g/mol. The number of thiazole rings is 1. The molecule has 1 aliphatic heterocycles. The third kappa shape index (κ3) is 3.78. The molecule has 4 nitrogen and oxygen atoms in total. The van der Waals surface area contributed by atoms with E-state index in [1.54, 1.807) is 0 Å². The lowest BCUT2D eigenvalue weighted by Gasteiger charge is -2.32. The van der Waals surface area contributed by atoms with Crippen LogP contribution >= 0.6 is 22.9 Å². The number of carbonyl (C=O) groups is 1. The molecule has 1 aromatic heterocycles. The summed E-state index contributed by atoms with van der Waals surface area (Å²) in [6.45, 7) is 2.12. The first-order valence-electron chi connectivity index (χ1n) is 7.31. The lowest BCUT2D eigenvalue weighted by Crippen LogP contribution is -2.41. The van der Waals surface area contributed by atoms with E-state index >= 15 is 0 Å². The van der Waals surface area contributed by atoms with Gasteiger partial charge in [0, 0.05) is 19.0 Å². The lowest BCUT2D eigenvalue weighted by molar-refractivity contribution is 0.0633. The van der Waals surface area contributed by atoms with Gasteiger partial charge in [-0.3, -0.25) is 4.79 Å². The Kier molecular flexibility index (Phi) is 4.95. The third-order valence-electron chi connectivity index (χ3n) is 3.70. The van der Waals surface area contributed by atoms with Crippen LogP contribution in [0.4, 0.5) is 0 Å². The maximum atomic E-state index is 12.4. The molecule has 22 heavy (non-hydrogen) atoms. The Hall–Kier alpha value is -1.59. The number of carbonyl (C=O) groups excluding carboxylic acids is 1. The molecule has 1 saturated heterocycles. The first-order chi connectivity index (χ1) is 10.7.